The molecule has 382 valence electrons. The van der Waals surface area contributed by atoms with Crippen molar-refractivity contribution in [3.63, 3.8) is 0 Å². The van der Waals surface area contributed by atoms with Crippen LogP contribution in [0, 0.1) is 35.0 Å². The second-order valence-electron chi connectivity index (χ2n) is 20.5. The molecule has 4 rings (SSSR count). The topological polar surface area (TPSA) is 203 Å². The Bertz CT molecular complexity index is 2360. The Morgan fingerprint density at radius 1 is 0.643 bits per heavy atom. The normalized spacial score (nSPS) is 23.2. The number of nitriles is 1. The number of ether oxygens (including phenoxy) is 1. The van der Waals surface area contributed by atoms with Gasteiger partial charge in [-0.2, -0.15) is 5.26 Å². The third-order valence-electron chi connectivity index (χ3n) is 12.8. The molecular formula is C53H75BrN8O8. The van der Waals surface area contributed by atoms with Gasteiger partial charge < -0.3 is 40.0 Å². The van der Waals surface area contributed by atoms with Gasteiger partial charge in [-0.3, -0.25) is 28.8 Å². The lowest BCUT2D eigenvalue weighted by atomic mass is 9.96. The van der Waals surface area contributed by atoms with Gasteiger partial charge in [-0.05, 0) is 85.6 Å². The first kappa shape index (κ1) is 56.8. The van der Waals surface area contributed by atoms with Crippen LogP contribution in [0.5, 0.6) is 0 Å². The Labute approximate surface area is 422 Å². The van der Waals surface area contributed by atoms with Crippen LogP contribution in [-0.2, 0) is 51.3 Å². The van der Waals surface area contributed by atoms with Crippen LogP contribution in [0.15, 0.2) is 59.2 Å². The summed E-state index contributed by atoms with van der Waals surface area (Å²) < 4.78 is 8.79. The van der Waals surface area contributed by atoms with Crippen molar-refractivity contribution in [3.05, 3.63) is 70.3 Å². The number of hydrogen-bond acceptors (Lipinski definition) is 9. The van der Waals surface area contributed by atoms with Crippen molar-refractivity contribution in [2.24, 2.45) is 23.7 Å². The maximum atomic E-state index is 15.1. The van der Waals surface area contributed by atoms with Crippen LogP contribution < -0.4 is 16.0 Å². The zero-order chi connectivity index (χ0) is 52.1. The Kier molecular flexibility index (Phi) is 21.0. The van der Waals surface area contributed by atoms with Gasteiger partial charge in [-0.15, -0.1) is 0 Å². The maximum absolute atomic E-state index is 15.1. The van der Waals surface area contributed by atoms with E-state index in [0.29, 0.717) is 6.54 Å². The molecule has 0 aliphatic carbocycles. The van der Waals surface area contributed by atoms with Crippen LogP contribution in [0.1, 0.15) is 112 Å². The van der Waals surface area contributed by atoms with E-state index in [4.69, 9.17) is 4.74 Å². The van der Waals surface area contributed by atoms with E-state index in [-0.39, 0.29) is 68.6 Å². The predicted octanol–water partition coefficient (Wildman–Crippen LogP) is 6.36. The van der Waals surface area contributed by atoms with E-state index in [9.17, 15) is 29.2 Å². The summed E-state index contributed by atoms with van der Waals surface area (Å²) >= 11 is 3.51. The molecule has 7 atom stereocenters. The molecule has 2 heterocycles. The summed E-state index contributed by atoms with van der Waals surface area (Å²) in [5.74, 6) is -5.11. The molecule has 2 aromatic carbocycles. The minimum absolute atomic E-state index is 0.0288. The fourth-order valence-electron chi connectivity index (χ4n) is 8.85. The van der Waals surface area contributed by atoms with Crippen molar-refractivity contribution < 1.29 is 38.3 Å². The zero-order valence-corrected chi connectivity index (χ0v) is 44.7. The number of likely N-dealkylation sites (N-methyl/N-ethyl adjacent to an activating group) is 3. The minimum Gasteiger partial charge on any atom is -0.451 e. The van der Waals surface area contributed by atoms with Crippen molar-refractivity contribution in [3.8, 4) is 6.07 Å². The Hall–Kier alpha value is -5.76. The number of nitrogens with zero attached hydrogens (tertiary/aromatic N) is 5. The molecule has 0 bridgehead atoms. The van der Waals surface area contributed by atoms with Crippen LogP contribution in [0.2, 0.25) is 0 Å². The molecule has 1 aliphatic rings. The van der Waals surface area contributed by atoms with Gasteiger partial charge in [0.05, 0.1) is 6.07 Å². The van der Waals surface area contributed by atoms with Crippen LogP contribution in [-0.4, -0.2) is 124 Å². The second kappa shape index (κ2) is 25.9. The van der Waals surface area contributed by atoms with Gasteiger partial charge in [0.1, 0.15) is 36.3 Å². The smallest absolute Gasteiger partial charge is 0.329 e. The maximum Gasteiger partial charge on any atom is 0.329 e. The molecule has 70 heavy (non-hydrogen) atoms. The van der Waals surface area contributed by atoms with Gasteiger partial charge in [0, 0.05) is 68.5 Å². The fraction of sp³-hybridized carbons (Fsp3) is 0.585. The largest absolute Gasteiger partial charge is 0.451 e. The van der Waals surface area contributed by atoms with Gasteiger partial charge in [0.15, 0.2) is 6.10 Å². The molecule has 7 unspecified atom stereocenters. The van der Waals surface area contributed by atoms with E-state index in [1.54, 1.807) is 0 Å². The molecule has 3 aromatic rings. The molecule has 3 N–H and O–H groups in total. The number of carbonyl (C=O) groups excluding carboxylic acids is 7. The van der Waals surface area contributed by atoms with Crippen molar-refractivity contribution in [2.75, 3.05) is 21.1 Å². The Morgan fingerprint density at radius 2 is 1.11 bits per heavy atom. The van der Waals surface area contributed by atoms with Crippen LogP contribution in [0.3, 0.4) is 0 Å². The third kappa shape index (κ3) is 15.4. The van der Waals surface area contributed by atoms with Crippen LogP contribution in [0.25, 0.3) is 10.9 Å². The number of fused-ring (bicyclic) bond motifs is 1. The lowest BCUT2D eigenvalue weighted by Gasteiger charge is -2.35. The van der Waals surface area contributed by atoms with Gasteiger partial charge in [0.2, 0.25) is 29.5 Å². The van der Waals surface area contributed by atoms with Gasteiger partial charge in [-0.1, -0.05) is 102 Å². The van der Waals surface area contributed by atoms with Gasteiger partial charge in [0.25, 0.3) is 5.91 Å². The number of aromatic nitrogens is 1. The molecule has 6 amide bonds. The number of nitrogens with one attached hydrogen (secondary N) is 3. The SMILES string of the molecule is CC(C)CC1NC(=O)C(Cc2cn(Cc3ccc(Br)cc3)c3ccccc23)N(C)C(=O)C(CC(C)C)NC(=O)C(CC(C)C)N(C)C(=O)C(CC(C)C)NC(=O)C(CCC#N)OC(=O)C(C)N(C)C1=O. The van der Waals surface area contributed by atoms with Gasteiger partial charge in [-0.25, -0.2) is 4.79 Å². The number of cyclic esters (lactones) is 1. The van der Waals surface area contributed by atoms with E-state index in [1.165, 1.54) is 37.9 Å². The molecule has 0 radical (unpaired) electrons. The van der Waals surface area contributed by atoms with Crippen molar-refractivity contribution >= 4 is 68.2 Å². The molecule has 0 saturated carbocycles. The number of halogens is 1. The summed E-state index contributed by atoms with van der Waals surface area (Å²) in [5, 5.41) is 19.1. The Morgan fingerprint density at radius 3 is 1.63 bits per heavy atom. The molecule has 1 aromatic heterocycles. The highest BCUT2D eigenvalue weighted by molar-refractivity contribution is 9.10. The number of esters is 1. The highest BCUT2D eigenvalue weighted by Gasteiger charge is 2.40. The number of rotatable bonds is 14. The number of benzene rings is 2. The lowest BCUT2D eigenvalue weighted by molar-refractivity contribution is -0.163. The summed E-state index contributed by atoms with van der Waals surface area (Å²) in [6.07, 6.45) is 0.900. The molecule has 17 heteroatoms. The van der Waals surface area contributed by atoms with Crippen LogP contribution >= 0.6 is 15.9 Å². The second-order valence-corrected chi connectivity index (χ2v) is 21.4. The quantitative estimate of drug-likeness (QED) is 0.154. The lowest BCUT2D eigenvalue weighted by Crippen LogP contribution is -2.60. The molecule has 1 saturated heterocycles. The van der Waals surface area contributed by atoms with Crippen LogP contribution in [0.4, 0.5) is 0 Å². The predicted molar refractivity (Wildman–Crippen MR) is 273 cm³/mol. The summed E-state index contributed by atoms with van der Waals surface area (Å²) in [4.78, 5) is 106. The number of hydrogen-bond donors (Lipinski definition) is 3. The summed E-state index contributed by atoms with van der Waals surface area (Å²) in [7, 11) is 4.41. The summed E-state index contributed by atoms with van der Waals surface area (Å²) in [6.45, 7) is 17.2. The average Bonchev–Trinajstić information content (AvgIpc) is 3.64. The van der Waals surface area contributed by atoms with E-state index in [1.807, 2.05) is 116 Å². The first-order valence-electron chi connectivity index (χ1n) is 24.5. The minimum atomic E-state index is -1.50. The fourth-order valence-corrected chi connectivity index (χ4v) is 9.12. The van der Waals surface area contributed by atoms with Gasteiger partial charge >= 0.3 is 5.97 Å². The number of para-hydroxylation sites is 1. The summed E-state index contributed by atoms with van der Waals surface area (Å²) in [5.41, 5.74) is 2.72. The monoisotopic (exact) mass is 1030 g/mol. The summed E-state index contributed by atoms with van der Waals surface area (Å²) in [6, 6.07) is 10.8. The molecular weight excluding hydrogens is 957 g/mol. The molecule has 16 nitrogen and oxygen atoms in total. The highest BCUT2D eigenvalue weighted by Crippen LogP contribution is 2.27. The van der Waals surface area contributed by atoms with E-state index >= 15 is 9.59 Å². The van der Waals surface area contributed by atoms with E-state index in [0.717, 1.165) is 31.4 Å². The van der Waals surface area contributed by atoms with Crippen molar-refractivity contribution in [1.29, 1.82) is 5.26 Å². The molecule has 1 fully saturated rings. The van der Waals surface area contributed by atoms with E-state index in [2.05, 4.69) is 36.4 Å². The first-order valence-corrected chi connectivity index (χ1v) is 25.3. The Balaban J connectivity index is 1.92. The standard InChI is InChI=1S/C53H75BrN8O8/c1-31(2)24-40-50(66)59(10)35(9)53(69)70-46(18-15-23-55)49(65)58-42(26-33(5)6)52(68)60(11)44(27-34(7)8)47(63)57-41(25-32(3)4)51(67)61(12)45(48(64)56-40)28-37-30-62(43-17-14-13-16-39(37)43)29-36-19-21-38(54)22-20-36/h13-14,16-17,19-22,30-35,40-42,44-46H,15,18,24-29H2,1-12H3,(H,56,64)(H,57,63)(H,58,65). The first-order chi connectivity index (χ1) is 32.9. The average molecular weight is 1030 g/mol. The van der Waals surface area contributed by atoms with E-state index < -0.39 is 83.8 Å². The zero-order valence-electron chi connectivity index (χ0n) is 43.1. The number of carbonyl (C=O) groups is 7. The number of amides is 6. The highest BCUT2D eigenvalue weighted by atomic mass is 79.9. The third-order valence-corrected chi connectivity index (χ3v) is 13.3. The van der Waals surface area contributed by atoms with Crippen molar-refractivity contribution in [2.45, 2.75) is 156 Å². The molecule has 1 aliphatic heterocycles. The molecule has 0 spiro atoms. The van der Waals surface area contributed by atoms with Crippen molar-refractivity contribution in [1.82, 2.24) is 35.2 Å².